The van der Waals surface area contributed by atoms with Gasteiger partial charge in [0, 0.05) is 0 Å². The molecule has 0 aliphatic carbocycles. The SMILES string of the molecule is CC(C)(C)CC(C)(C)c1ccccc1CCCCOP(=O)(O)O. The summed E-state index contributed by atoms with van der Waals surface area (Å²) in [6.45, 7) is 11.4. The standard InChI is InChI=1S/C18H31O4P/c1-17(2,3)14-18(4,5)16-12-7-6-10-15(16)11-8-9-13-22-23(19,20)21/h6-7,10,12H,8-9,11,13-14H2,1-5H3,(H2,19,20,21). The molecule has 0 saturated carbocycles. The van der Waals surface area contributed by atoms with Gasteiger partial charge in [0.05, 0.1) is 6.61 Å². The molecule has 1 aromatic carbocycles. The summed E-state index contributed by atoms with van der Waals surface area (Å²) in [6, 6.07) is 8.50. The maximum atomic E-state index is 10.7. The third-order valence-corrected chi connectivity index (χ3v) is 4.34. The Hall–Kier alpha value is -0.670. The minimum Gasteiger partial charge on any atom is -0.303 e. The molecule has 0 aromatic heterocycles. The number of aryl methyl sites for hydroxylation is 1. The molecule has 1 aromatic rings. The monoisotopic (exact) mass is 342 g/mol. The lowest BCUT2D eigenvalue weighted by Crippen LogP contribution is -2.26. The molecule has 0 fully saturated rings. The molecule has 0 bridgehead atoms. The molecule has 0 heterocycles. The van der Waals surface area contributed by atoms with Gasteiger partial charge in [-0.2, -0.15) is 0 Å². The summed E-state index contributed by atoms with van der Waals surface area (Å²) in [5.41, 5.74) is 3.04. The van der Waals surface area contributed by atoms with Gasteiger partial charge in [-0.05, 0) is 47.6 Å². The Morgan fingerprint density at radius 1 is 1.04 bits per heavy atom. The van der Waals surface area contributed by atoms with E-state index < -0.39 is 7.82 Å². The first-order valence-electron chi connectivity index (χ1n) is 8.19. The molecule has 0 radical (unpaired) electrons. The van der Waals surface area contributed by atoms with Gasteiger partial charge in [0.2, 0.25) is 0 Å². The molecule has 23 heavy (non-hydrogen) atoms. The van der Waals surface area contributed by atoms with Crippen molar-refractivity contribution < 1.29 is 18.9 Å². The first kappa shape index (κ1) is 20.4. The van der Waals surface area contributed by atoms with Gasteiger partial charge in [0.15, 0.2) is 0 Å². The minimum atomic E-state index is -4.34. The molecule has 5 heteroatoms. The largest absolute Gasteiger partial charge is 0.469 e. The number of unbranched alkanes of at least 4 members (excludes halogenated alkanes) is 1. The topological polar surface area (TPSA) is 66.8 Å². The minimum absolute atomic E-state index is 0.0945. The van der Waals surface area contributed by atoms with Gasteiger partial charge in [-0.15, -0.1) is 0 Å². The third kappa shape index (κ3) is 8.12. The molecule has 1 rings (SSSR count). The van der Waals surface area contributed by atoms with Crippen LogP contribution in [0.1, 0.15) is 65.0 Å². The van der Waals surface area contributed by atoms with Gasteiger partial charge in [-0.3, -0.25) is 4.52 Å². The van der Waals surface area contributed by atoms with Crippen LogP contribution in [-0.4, -0.2) is 16.4 Å². The fourth-order valence-electron chi connectivity index (χ4n) is 3.42. The van der Waals surface area contributed by atoms with Crippen LogP contribution in [0.25, 0.3) is 0 Å². The molecular weight excluding hydrogens is 311 g/mol. The lowest BCUT2D eigenvalue weighted by molar-refractivity contribution is 0.194. The zero-order chi connectivity index (χ0) is 17.7. The van der Waals surface area contributed by atoms with E-state index in [9.17, 15) is 4.57 Å². The fourth-order valence-corrected chi connectivity index (χ4v) is 3.79. The van der Waals surface area contributed by atoms with Gasteiger partial charge in [0.25, 0.3) is 0 Å². The number of hydrogen-bond donors (Lipinski definition) is 2. The van der Waals surface area contributed by atoms with E-state index in [0.29, 0.717) is 6.42 Å². The van der Waals surface area contributed by atoms with E-state index in [0.717, 1.165) is 19.3 Å². The quantitative estimate of drug-likeness (QED) is 0.524. The lowest BCUT2D eigenvalue weighted by atomic mass is 9.70. The van der Waals surface area contributed by atoms with Crippen molar-refractivity contribution >= 4 is 7.82 Å². The number of phosphoric acid groups is 1. The van der Waals surface area contributed by atoms with E-state index in [1.165, 1.54) is 11.1 Å². The normalized spacial score (nSPS) is 13.3. The molecule has 0 aliphatic heterocycles. The van der Waals surface area contributed by atoms with Crippen LogP contribution in [0.3, 0.4) is 0 Å². The van der Waals surface area contributed by atoms with Crippen LogP contribution in [0.15, 0.2) is 24.3 Å². The summed E-state index contributed by atoms with van der Waals surface area (Å²) in [5.74, 6) is 0. The van der Waals surface area contributed by atoms with Gasteiger partial charge in [-0.1, -0.05) is 58.9 Å². The highest BCUT2D eigenvalue weighted by Crippen LogP contribution is 2.38. The predicted octanol–water partition coefficient (Wildman–Crippen LogP) is 4.83. The second-order valence-electron chi connectivity index (χ2n) is 8.06. The van der Waals surface area contributed by atoms with E-state index in [4.69, 9.17) is 9.79 Å². The molecule has 0 unspecified atom stereocenters. The summed E-state index contributed by atoms with van der Waals surface area (Å²) < 4.78 is 15.2. The molecule has 132 valence electrons. The second kappa shape index (κ2) is 7.94. The molecule has 0 atom stereocenters. The highest BCUT2D eigenvalue weighted by molar-refractivity contribution is 7.46. The first-order chi connectivity index (χ1) is 10.4. The average Bonchev–Trinajstić information content (AvgIpc) is 2.34. The van der Waals surface area contributed by atoms with Crippen LogP contribution in [-0.2, 0) is 20.9 Å². The third-order valence-electron chi connectivity index (χ3n) is 3.82. The number of rotatable bonds is 8. The number of phosphoric ester groups is 1. The van der Waals surface area contributed by atoms with Crippen LogP contribution < -0.4 is 0 Å². The second-order valence-corrected chi connectivity index (χ2v) is 9.30. The van der Waals surface area contributed by atoms with Crippen molar-refractivity contribution in [3.8, 4) is 0 Å². The Labute approximate surface area is 140 Å². The zero-order valence-corrected chi connectivity index (χ0v) is 15.9. The van der Waals surface area contributed by atoms with Gasteiger partial charge < -0.3 is 9.79 Å². The maximum Gasteiger partial charge on any atom is 0.469 e. The predicted molar refractivity (Wildman–Crippen MR) is 94.5 cm³/mol. The van der Waals surface area contributed by atoms with E-state index in [2.05, 4.69) is 63.4 Å². The summed E-state index contributed by atoms with van der Waals surface area (Å²) in [6.07, 6.45) is 3.48. The fraction of sp³-hybridized carbons (Fsp3) is 0.667. The molecule has 0 amide bonds. The van der Waals surface area contributed by atoms with Crippen molar-refractivity contribution in [1.29, 1.82) is 0 Å². The molecular formula is C18H31O4P. The van der Waals surface area contributed by atoms with Crippen LogP contribution in [0.5, 0.6) is 0 Å². The lowest BCUT2D eigenvalue weighted by Gasteiger charge is -2.34. The summed E-state index contributed by atoms with van der Waals surface area (Å²) in [7, 11) is -4.34. The number of hydrogen-bond acceptors (Lipinski definition) is 2. The highest BCUT2D eigenvalue weighted by atomic mass is 31.2. The van der Waals surface area contributed by atoms with Crippen LogP contribution >= 0.6 is 7.82 Å². The van der Waals surface area contributed by atoms with Crippen molar-refractivity contribution in [2.45, 2.75) is 65.7 Å². The van der Waals surface area contributed by atoms with Crippen LogP contribution in [0.2, 0.25) is 0 Å². The Bertz CT molecular complexity index is 540. The molecule has 0 spiro atoms. The van der Waals surface area contributed by atoms with Crippen molar-refractivity contribution in [2.24, 2.45) is 5.41 Å². The van der Waals surface area contributed by atoms with Crippen LogP contribution in [0, 0.1) is 5.41 Å². The summed E-state index contributed by atoms with van der Waals surface area (Å²) in [5, 5.41) is 0. The van der Waals surface area contributed by atoms with Gasteiger partial charge in [-0.25, -0.2) is 4.57 Å². The van der Waals surface area contributed by atoms with E-state index >= 15 is 0 Å². The average molecular weight is 342 g/mol. The highest BCUT2D eigenvalue weighted by Gasteiger charge is 2.28. The molecule has 0 saturated heterocycles. The molecule has 2 N–H and O–H groups in total. The summed E-state index contributed by atoms with van der Waals surface area (Å²) >= 11 is 0. The van der Waals surface area contributed by atoms with Crippen molar-refractivity contribution in [3.63, 3.8) is 0 Å². The van der Waals surface area contributed by atoms with E-state index in [1.807, 2.05) is 0 Å². The Balaban J connectivity index is 2.69. The first-order valence-corrected chi connectivity index (χ1v) is 9.72. The van der Waals surface area contributed by atoms with Gasteiger partial charge >= 0.3 is 7.82 Å². The van der Waals surface area contributed by atoms with Crippen LogP contribution in [0.4, 0.5) is 0 Å². The van der Waals surface area contributed by atoms with Gasteiger partial charge in [0.1, 0.15) is 0 Å². The molecule has 4 nitrogen and oxygen atoms in total. The smallest absolute Gasteiger partial charge is 0.303 e. The Kier molecular flexibility index (Phi) is 7.03. The molecule has 0 aliphatic rings. The van der Waals surface area contributed by atoms with Crippen molar-refractivity contribution in [2.75, 3.05) is 6.61 Å². The Morgan fingerprint density at radius 2 is 1.65 bits per heavy atom. The van der Waals surface area contributed by atoms with Crippen molar-refractivity contribution in [1.82, 2.24) is 0 Å². The Morgan fingerprint density at radius 3 is 2.22 bits per heavy atom. The zero-order valence-electron chi connectivity index (χ0n) is 15.0. The van der Waals surface area contributed by atoms with E-state index in [1.54, 1.807) is 0 Å². The van der Waals surface area contributed by atoms with Crippen molar-refractivity contribution in [3.05, 3.63) is 35.4 Å². The number of benzene rings is 1. The maximum absolute atomic E-state index is 10.7. The summed E-state index contributed by atoms with van der Waals surface area (Å²) in [4.78, 5) is 17.4. The van der Waals surface area contributed by atoms with E-state index in [-0.39, 0.29) is 17.4 Å².